The van der Waals surface area contributed by atoms with E-state index in [1.807, 2.05) is 12.1 Å². The molecule has 0 radical (unpaired) electrons. The Balaban J connectivity index is 2.66. The number of nitrogens with zero attached hydrogens (tertiary/aromatic N) is 1. The first-order chi connectivity index (χ1) is 9.92. The van der Waals surface area contributed by atoms with E-state index in [-0.39, 0.29) is 0 Å². The molecule has 120 valence electrons. The monoisotopic (exact) mass is 313 g/mol. The van der Waals surface area contributed by atoms with Gasteiger partial charge >= 0.3 is 0 Å². The molecule has 1 aromatic rings. The van der Waals surface area contributed by atoms with Crippen LogP contribution in [0.3, 0.4) is 0 Å². The highest BCUT2D eigenvalue weighted by Gasteiger charge is 2.12. The highest BCUT2D eigenvalue weighted by Crippen LogP contribution is 2.15. The van der Waals surface area contributed by atoms with Gasteiger partial charge in [-0.3, -0.25) is 0 Å². The Morgan fingerprint density at radius 3 is 2.14 bits per heavy atom. The van der Waals surface area contributed by atoms with Crippen LogP contribution in [0.5, 0.6) is 0 Å². The molecular formula is C15H27N3O2S. The van der Waals surface area contributed by atoms with Crippen LogP contribution in [0.25, 0.3) is 0 Å². The van der Waals surface area contributed by atoms with Gasteiger partial charge in [0.1, 0.15) is 0 Å². The maximum Gasteiger partial charge on any atom is 0.240 e. The van der Waals surface area contributed by atoms with Gasteiger partial charge in [0.15, 0.2) is 0 Å². The first-order valence-corrected chi connectivity index (χ1v) is 8.99. The average Bonchev–Trinajstić information content (AvgIpc) is 2.45. The number of anilines is 1. The van der Waals surface area contributed by atoms with Gasteiger partial charge in [0.05, 0.1) is 4.90 Å². The molecule has 1 rings (SSSR count). The lowest BCUT2D eigenvalue weighted by molar-refractivity contribution is 0.295. The number of sulfonamides is 1. The van der Waals surface area contributed by atoms with Crippen LogP contribution in [0.15, 0.2) is 29.2 Å². The maximum absolute atomic E-state index is 11.9. The van der Waals surface area contributed by atoms with Crippen LogP contribution in [-0.2, 0) is 10.0 Å². The van der Waals surface area contributed by atoms with Gasteiger partial charge in [0.25, 0.3) is 0 Å². The molecule has 1 atom stereocenters. The highest BCUT2D eigenvalue weighted by molar-refractivity contribution is 7.89. The van der Waals surface area contributed by atoms with Gasteiger partial charge in [-0.25, -0.2) is 13.1 Å². The summed E-state index contributed by atoms with van der Waals surface area (Å²) in [5.74, 6) is 0. The van der Waals surface area contributed by atoms with Crippen molar-refractivity contribution in [3.8, 4) is 0 Å². The minimum absolute atomic E-state index is 0.297. The minimum atomic E-state index is -3.37. The van der Waals surface area contributed by atoms with Crippen LogP contribution in [0.2, 0.25) is 0 Å². The van der Waals surface area contributed by atoms with Crippen LogP contribution >= 0.6 is 0 Å². The van der Waals surface area contributed by atoms with Crippen LogP contribution in [0.4, 0.5) is 5.69 Å². The number of hydrogen-bond donors (Lipinski definition) is 2. The summed E-state index contributed by atoms with van der Waals surface area (Å²) in [6.45, 7) is 11.6. The van der Waals surface area contributed by atoms with Crippen molar-refractivity contribution in [2.24, 2.45) is 0 Å². The first kappa shape index (κ1) is 17.9. The highest BCUT2D eigenvalue weighted by atomic mass is 32.2. The van der Waals surface area contributed by atoms with Crippen LogP contribution in [-0.4, -0.2) is 45.5 Å². The van der Waals surface area contributed by atoms with E-state index in [0.717, 1.165) is 25.3 Å². The Bertz CT molecular complexity index is 510. The zero-order valence-electron chi connectivity index (χ0n) is 13.4. The molecule has 5 nitrogen and oxygen atoms in total. The van der Waals surface area contributed by atoms with Gasteiger partial charge in [-0.1, -0.05) is 20.8 Å². The van der Waals surface area contributed by atoms with Crippen molar-refractivity contribution in [1.82, 2.24) is 9.62 Å². The first-order valence-electron chi connectivity index (χ1n) is 7.51. The normalized spacial score (nSPS) is 13.4. The second-order valence-corrected chi connectivity index (χ2v) is 6.82. The zero-order chi connectivity index (χ0) is 15.9. The standard InChI is InChI=1S/C15H27N3O2S/c1-5-16-21(19,20)15-10-8-14(9-11-15)17-13(4)12-18(6-2)7-3/h8-11,13,16-17H,5-7,12H2,1-4H3. The molecule has 6 heteroatoms. The largest absolute Gasteiger partial charge is 0.381 e. The summed E-state index contributed by atoms with van der Waals surface area (Å²) in [5, 5.41) is 3.39. The summed E-state index contributed by atoms with van der Waals surface area (Å²) >= 11 is 0. The summed E-state index contributed by atoms with van der Waals surface area (Å²) in [6, 6.07) is 7.18. The summed E-state index contributed by atoms with van der Waals surface area (Å²) in [4.78, 5) is 2.65. The third-order valence-corrected chi connectivity index (χ3v) is 4.90. The van der Waals surface area contributed by atoms with E-state index in [1.165, 1.54) is 0 Å². The van der Waals surface area contributed by atoms with E-state index in [4.69, 9.17) is 0 Å². The molecule has 1 unspecified atom stereocenters. The summed E-state index contributed by atoms with van der Waals surface area (Å²) in [5.41, 5.74) is 0.935. The number of rotatable bonds is 9. The van der Waals surface area contributed by atoms with Crippen molar-refractivity contribution in [3.05, 3.63) is 24.3 Å². The average molecular weight is 313 g/mol. The lowest BCUT2D eigenvalue weighted by Gasteiger charge is -2.24. The third-order valence-electron chi connectivity index (χ3n) is 3.34. The summed E-state index contributed by atoms with van der Waals surface area (Å²) < 4.78 is 26.2. The van der Waals surface area contributed by atoms with Gasteiger partial charge in [0, 0.05) is 24.8 Å². The number of benzene rings is 1. The van der Waals surface area contributed by atoms with Crippen molar-refractivity contribution in [3.63, 3.8) is 0 Å². The van der Waals surface area contributed by atoms with Gasteiger partial charge in [-0.2, -0.15) is 0 Å². The molecule has 0 saturated heterocycles. The SMILES string of the molecule is CCNS(=O)(=O)c1ccc(NC(C)CN(CC)CC)cc1. The fraction of sp³-hybridized carbons (Fsp3) is 0.600. The fourth-order valence-corrected chi connectivity index (χ4v) is 3.24. The summed E-state index contributed by atoms with van der Waals surface area (Å²) in [6.07, 6.45) is 0. The van der Waals surface area contributed by atoms with Crippen LogP contribution < -0.4 is 10.0 Å². The molecule has 0 aliphatic carbocycles. The molecule has 0 aliphatic rings. The molecule has 0 amide bonds. The molecule has 0 fully saturated rings. The quantitative estimate of drug-likeness (QED) is 0.733. The molecule has 21 heavy (non-hydrogen) atoms. The molecule has 0 aromatic heterocycles. The fourth-order valence-electron chi connectivity index (χ4n) is 2.20. The minimum Gasteiger partial charge on any atom is -0.381 e. The van der Waals surface area contributed by atoms with E-state index < -0.39 is 10.0 Å². The van der Waals surface area contributed by atoms with Crippen molar-refractivity contribution in [2.45, 2.75) is 38.6 Å². The van der Waals surface area contributed by atoms with Gasteiger partial charge in [-0.05, 0) is 44.3 Å². The van der Waals surface area contributed by atoms with Crippen LogP contribution in [0, 0.1) is 0 Å². The van der Waals surface area contributed by atoms with Crippen molar-refractivity contribution in [2.75, 3.05) is 31.5 Å². The second kappa shape index (κ2) is 8.36. The van der Waals surface area contributed by atoms with Crippen molar-refractivity contribution < 1.29 is 8.42 Å². The van der Waals surface area contributed by atoms with Gasteiger partial charge < -0.3 is 10.2 Å². The Kier molecular flexibility index (Phi) is 7.14. The van der Waals surface area contributed by atoms with Crippen molar-refractivity contribution in [1.29, 1.82) is 0 Å². The predicted molar refractivity (Wildman–Crippen MR) is 88.2 cm³/mol. The third kappa shape index (κ3) is 5.65. The Morgan fingerprint density at radius 2 is 1.67 bits per heavy atom. The lowest BCUT2D eigenvalue weighted by Crippen LogP contribution is -2.34. The molecule has 2 N–H and O–H groups in total. The summed E-state index contributed by atoms with van der Waals surface area (Å²) in [7, 11) is -3.37. The Hall–Kier alpha value is -1.11. The van der Waals surface area contributed by atoms with E-state index >= 15 is 0 Å². The number of likely N-dealkylation sites (N-methyl/N-ethyl adjacent to an activating group) is 1. The second-order valence-electron chi connectivity index (χ2n) is 5.06. The lowest BCUT2D eigenvalue weighted by atomic mass is 10.2. The molecule has 0 saturated carbocycles. The Labute approximate surface area is 128 Å². The van der Waals surface area contributed by atoms with E-state index in [9.17, 15) is 8.42 Å². The molecule has 0 bridgehead atoms. The predicted octanol–water partition coefficient (Wildman–Crippen LogP) is 2.13. The molecule has 0 aliphatic heterocycles. The van der Waals surface area contributed by atoms with E-state index in [1.54, 1.807) is 19.1 Å². The van der Waals surface area contributed by atoms with E-state index in [0.29, 0.717) is 17.5 Å². The van der Waals surface area contributed by atoms with Gasteiger partial charge in [-0.15, -0.1) is 0 Å². The zero-order valence-corrected chi connectivity index (χ0v) is 14.2. The van der Waals surface area contributed by atoms with Gasteiger partial charge in [0.2, 0.25) is 10.0 Å². The van der Waals surface area contributed by atoms with Crippen LogP contribution in [0.1, 0.15) is 27.7 Å². The number of nitrogens with one attached hydrogen (secondary N) is 2. The molecule has 1 aromatic carbocycles. The molecule has 0 heterocycles. The number of hydrogen-bond acceptors (Lipinski definition) is 4. The maximum atomic E-state index is 11.9. The molecule has 0 spiro atoms. The smallest absolute Gasteiger partial charge is 0.240 e. The van der Waals surface area contributed by atoms with E-state index in [2.05, 4.69) is 35.7 Å². The molecular weight excluding hydrogens is 286 g/mol. The topological polar surface area (TPSA) is 61.4 Å². The van der Waals surface area contributed by atoms with Crippen molar-refractivity contribution >= 4 is 15.7 Å². The Morgan fingerprint density at radius 1 is 1.10 bits per heavy atom.